The summed E-state index contributed by atoms with van der Waals surface area (Å²) in [6.07, 6.45) is -0.213. The van der Waals surface area contributed by atoms with Gasteiger partial charge in [-0.05, 0) is 12.1 Å². The van der Waals surface area contributed by atoms with Crippen molar-refractivity contribution in [2.75, 3.05) is 7.11 Å². The molecule has 0 spiro atoms. The van der Waals surface area contributed by atoms with Gasteiger partial charge in [-0.25, -0.2) is 0 Å². The molecule has 6 heteroatoms. The highest BCUT2D eigenvalue weighted by Crippen LogP contribution is 2.22. The van der Waals surface area contributed by atoms with Gasteiger partial charge in [0.1, 0.15) is 5.75 Å². The number of methoxy groups -OCH3 is 1. The zero-order chi connectivity index (χ0) is 13.5. The molecule has 0 fully saturated rings. The number of benzene rings is 1. The fourth-order valence-electron chi connectivity index (χ4n) is 1.37. The van der Waals surface area contributed by atoms with Crippen molar-refractivity contribution in [3.63, 3.8) is 0 Å². The zero-order valence-corrected chi connectivity index (χ0v) is 10.7. The van der Waals surface area contributed by atoms with Crippen LogP contribution >= 0.6 is 11.6 Å². The molecule has 18 heavy (non-hydrogen) atoms. The number of carbonyl (C=O) groups is 2. The van der Waals surface area contributed by atoms with Gasteiger partial charge >= 0.3 is 5.97 Å². The number of rotatable bonds is 6. The van der Waals surface area contributed by atoms with Gasteiger partial charge in [-0.2, -0.15) is 0 Å². The molecule has 0 saturated carbocycles. The zero-order valence-electron chi connectivity index (χ0n) is 9.90. The normalized spacial score (nSPS) is 9.89. The molecule has 0 unspecified atom stereocenters. The second-order valence-corrected chi connectivity index (χ2v) is 4.06. The van der Waals surface area contributed by atoms with E-state index in [1.54, 1.807) is 18.2 Å². The van der Waals surface area contributed by atoms with Gasteiger partial charge in [0.25, 0.3) is 0 Å². The van der Waals surface area contributed by atoms with Crippen molar-refractivity contribution in [3.05, 3.63) is 28.8 Å². The molecule has 98 valence electrons. The van der Waals surface area contributed by atoms with Crippen molar-refractivity contribution >= 4 is 23.5 Å². The van der Waals surface area contributed by atoms with E-state index in [1.807, 2.05) is 0 Å². The van der Waals surface area contributed by atoms with Gasteiger partial charge in [-0.1, -0.05) is 17.7 Å². The van der Waals surface area contributed by atoms with Crippen molar-refractivity contribution in [1.29, 1.82) is 0 Å². The van der Waals surface area contributed by atoms with E-state index >= 15 is 0 Å². The minimum Gasteiger partial charge on any atom is -0.496 e. The molecule has 0 aliphatic rings. The summed E-state index contributed by atoms with van der Waals surface area (Å²) in [6, 6.07) is 5.10. The standard InChI is InChI=1S/C12H14ClNO4/c1-18-10-6-9(13)3-2-8(10)7-14-11(15)4-5-12(16)17/h2-3,6H,4-5,7H2,1H3,(H,14,15)(H,16,17). The lowest BCUT2D eigenvalue weighted by Gasteiger charge is -2.09. The Morgan fingerprint density at radius 2 is 2.11 bits per heavy atom. The Morgan fingerprint density at radius 1 is 1.39 bits per heavy atom. The van der Waals surface area contributed by atoms with Crippen LogP contribution in [0.4, 0.5) is 0 Å². The number of carboxylic acid groups (broad SMARTS) is 1. The van der Waals surface area contributed by atoms with Crippen LogP contribution in [-0.4, -0.2) is 24.1 Å². The topological polar surface area (TPSA) is 75.6 Å². The summed E-state index contributed by atoms with van der Waals surface area (Å²) in [4.78, 5) is 21.6. The fourth-order valence-corrected chi connectivity index (χ4v) is 1.53. The molecule has 0 radical (unpaired) electrons. The Balaban J connectivity index is 2.52. The van der Waals surface area contributed by atoms with Crippen molar-refractivity contribution in [1.82, 2.24) is 5.32 Å². The SMILES string of the molecule is COc1cc(Cl)ccc1CNC(=O)CCC(=O)O. The highest BCUT2D eigenvalue weighted by Gasteiger charge is 2.07. The van der Waals surface area contributed by atoms with Crippen molar-refractivity contribution in [2.45, 2.75) is 19.4 Å². The fraction of sp³-hybridized carbons (Fsp3) is 0.333. The van der Waals surface area contributed by atoms with Crippen LogP contribution < -0.4 is 10.1 Å². The molecule has 0 saturated heterocycles. The van der Waals surface area contributed by atoms with Crippen molar-refractivity contribution < 1.29 is 19.4 Å². The molecule has 1 amide bonds. The number of carbonyl (C=O) groups excluding carboxylic acids is 1. The van der Waals surface area contributed by atoms with Gasteiger partial charge in [0.2, 0.25) is 5.91 Å². The summed E-state index contributed by atoms with van der Waals surface area (Å²) in [7, 11) is 1.52. The maximum atomic E-state index is 11.3. The molecule has 0 heterocycles. The van der Waals surface area contributed by atoms with Crippen molar-refractivity contribution in [3.8, 4) is 5.75 Å². The molecule has 1 rings (SSSR count). The molecular weight excluding hydrogens is 258 g/mol. The van der Waals surface area contributed by atoms with Gasteiger partial charge in [-0.3, -0.25) is 9.59 Å². The van der Waals surface area contributed by atoms with Gasteiger partial charge in [-0.15, -0.1) is 0 Å². The van der Waals surface area contributed by atoms with Crippen molar-refractivity contribution in [2.24, 2.45) is 0 Å². The van der Waals surface area contributed by atoms with E-state index in [1.165, 1.54) is 7.11 Å². The molecule has 1 aromatic carbocycles. The summed E-state index contributed by atoms with van der Waals surface area (Å²) in [5.41, 5.74) is 0.783. The van der Waals surface area contributed by atoms with Gasteiger partial charge < -0.3 is 15.2 Å². The average Bonchev–Trinajstić information content (AvgIpc) is 2.34. The quantitative estimate of drug-likeness (QED) is 0.828. The van der Waals surface area contributed by atoms with E-state index in [0.717, 1.165) is 5.56 Å². The number of ether oxygens (including phenoxy) is 1. The second-order valence-electron chi connectivity index (χ2n) is 3.63. The summed E-state index contributed by atoms with van der Waals surface area (Å²) in [5, 5.41) is 11.6. The second kappa shape index (κ2) is 6.86. The third-order valence-electron chi connectivity index (χ3n) is 2.29. The molecule has 0 atom stereocenters. The molecule has 1 aromatic rings. The number of amides is 1. The number of aliphatic carboxylic acids is 1. The molecular formula is C12H14ClNO4. The maximum absolute atomic E-state index is 11.3. The Kier molecular flexibility index (Phi) is 5.45. The third kappa shape index (κ3) is 4.63. The van der Waals surface area contributed by atoms with E-state index in [0.29, 0.717) is 10.8 Å². The van der Waals surface area contributed by atoms with Gasteiger partial charge in [0.05, 0.1) is 13.5 Å². The summed E-state index contributed by atoms with van der Waals surface area (Å²) >= 11 is 5.81. The number of hydrogen-bond acceptors (Lipinski definition) is 3. The van der Waals surface area contributed by atoms with E-state index in [4.69, 9.17) is 21.4 Å². The maximum Gasteiger partial charge on any atom is 0.303 e. The molecule has 0 aromatic heterocycles. The van der Waals surface area contributed by atoms with Crippen LogP contribution in [0, 0.1) is 0 Å². The Morgan fingerprint density at radius 3 is 2.72 bits per heavy atom. The lowest BCUT2D eigenvalue weighted by molar-refractivity contribution is -0.138. The molecule has 0 aliphatic heterocycles. The van der Waals surface area contributed by atoms with E-state index in [2.05, 4.69) is 5.32 Å². The molecule has 2 N–H and O–H groups in total. The first-order chi connectivity index (χ1) is 8.52. The van der Waals surface area contributed by atoms with Crippen LogP contribution in [-0.2, 0) is 16.1 Å². The molecule has 0 bridgehead atoms. The smallest absolute Gasteiger partial charge is 0.303 e. The minimum absolute atomic E-state index is 0.0365. The molecule has 5 nitrogen and oxygen atoms in total. The van der Waals surface area contributed by atoms with E-state index in [-0.39, 0.29) is 25.3 Å². The highest BCUT2D eigenvalue weighted by molar-refractivity contribution is 6.30. The predicted molar refractivity (Wildman–Crippen MR) is 66.7 cm³/mol. The summed E-state index contributed by atoms with van der Waals surface area (Å²) in [5.74, 6) is -0.718. The minimum atomic E-state index is -0.991. The summed E-state index contributed by atoms with van der Waals surface area (Å²) < 4.78 is 5.13. The van der Waals surface area contributed by atoms with Crippen LogP contribution in [0.25, 0.3) is 0 Å². The molecule has 0 aliphatic carbocycles. The third-order valence-corrected chi connectivity index (χ3v) is 2.53. The lowest BCUT2D eigenvalue weighted by atomic mass is 10.2. The van der Waals surface area contributed by atoms with Crippen LogP contribution in [0.1, 0.15) is 18.4 Å². The predicted octanol–water partition coefficient (Wildman–Crippen LogP) is 1.83. The first kappa shape index (κ1) is 14.3. The largest absolute Gasteiger partial charge is 0.496 e. The Bertz CT molecular complexity index is 448. The number of halogens is 1. The van der Waals surface area contributed by atoms with E-state index < -0.39 is 5.97 Å². The Hall–Kier alpha value is -1.75. The van der Waals surface area contributed by atoms with Crippen LogP contribution in [0.5, 0.6) is 5.75 Å². The van der Waals surface area contributed by atoms with Gasteiger partial charge in [0.15, 0.2) is 0 Å². The first-order valence-corrected chi connectivity index (χ1v) is 5.71. The first-order valence-electron chi connectivity index (χ1n) is 5.34. The lowest BCUT2D eigenvalue weighted by Crippen LogP contribution is -2.23. The van der Waals surface area contributed by atoms with Crippen LogP contribution in [0.3, 0.4) is 0 Å². The monoisotopic (exact) mass is 271 g/mol. The summed E-state index contributed by atoms with van der Waals surface area (Å²) in [6.45, 7) is 0.277. The van der Waals surface area contributed by atoms with Crippen LogP contribution in [0.15, 0.2) is 18.2 Å². The number of hydrogen-bond donors (Lipinski definition) is 2. The average molecular weight is 272 g/mol. The highest BCUT2D eigenvalue weighted by atomic mass is 35.5. The number of nitrogens with one attached hydrogen (secondary N) is 1. The number of carboxylic acids is 1. The van der Waals surface area contributed by atoms with Crippen LogP contribution in [0.2, 0.25) is 5.02 Å². The Labute approximate surface area is 110 Å². The van der Waals surface area contributed by atoms with E-state index in [9.17, 15) is 9.59 Å². The van der Waals surface area contributed by atoms with Gasteiger partial charge in [0, 0.05) is 23.6 Å².